The van der Waals surface area contributed by atoms with Gasteiger partial charge in [-0.05, 0) is 46.1 Å². The third-order valence-corrected chi connectivity index (χ3v) is 4.04. The smallest absolute Gasteiger partial charge is 0.239 e. The molecular weight excluding hydrogens is 266 g/mol. The van der Waals surface area contributed by atoms with E-state index >= 15 is 0 Å². The molecule has 5 heteroatoms. The molecule has 0 aromatic rings. The molecular formula is C16H31N3O2. The molecule has 3 atom stereocenters. The SMILES string of the molecule is CC(C)NC(=O)CN(C)[C@H](C)C(=O)N1C[C@H](C)C[C@@H](C)C1. The summed E-state index contributed by atoms with van der Waals surface area (Å²) in [7, 11) is 1.83. The highest BCUT2D eigenvalue weighted by Gasteiger charge is 2.30. The number of amides is 2. The predicted octanol–water partition coefficient (Wildman–Crippen LogP) is 1.34. The molecule has 0 spiro atoms. The standard InChI is InChI=1S/C16H31N3O2/c1-11(2)17-15(20)10-18(6)14(5)16(21)19-8-12(3)7-13(4)9-19/h11-14H,7-10H2,1-6H3,(H,17,20)/t12-,13-,14-/m1/s1. The van der Waals surface area contributed by atoms with E-state index in [-0.39, 0.29) is 30.4 Å². The summed E-state index contributed by atoms with van der Waals surface area (Å²) in [5, 5.41) is 2.86. The number of nitrogens with one attached hydrogen (secondary N) is 1. The minimum absolute atomic E-state index is 0.0347. The second kappa shape index (κ2) is 7.78. The molecule has 0 bridgehead atoms. The Morgan fingerprint density at radius 2 is 1.71 bits per heavy atom. The van der Waals surface area contributed by atoms with Crippen LogP contribution in [-0.2, 0) is 9.59 Å². The van der Waals surface area contributed by atoms with Crippen molar-refractivity contribution in [1.82, 2.24) is 15.1 Å². The lowest BCUT2D eigenvalue weighted by atomic mass is 9.91. The molecule has 1 aliphatic rings. The molecule has 0 aromatic heterocycles. The first-order chi connectivity index (χ1) is 9.70. The summed E-state index contributed by atoms with van der Waals surface area (Å²) in [6.45, 7) is 12.1. The van der Waals surface area contributed by atoms with Crippen LogP contribution in [0.3, 0.4) is 0 Å². The van der Waals surface area contributed by atoms with E-state index in [0.29, 0.717) is 11.8 Å². The molecule has 1 aliphatic heterocycles. The molecule has 1 heterocycles. The van der Waals surface area contributed by atoms with Gasteiger partial charge in [-0.2, -0.15) is 0 Å². The number of nitrogens with zero attached hydrogens (tertiary/aromatic N) is 2. The van der Waals surface area contributed by atoms with E-state index in [2.05, 4.69) is 19.2 Å². The summed E-state index contributed by atoms with van der Waals surface area (Å²) in [6.07, 6.45) is 1.19. The van der Waals surface area contributed by atoms with Gasteiger partial charge in [-0.25, -0.2) is 0 Å². The first-order valence-corrected chi connectivity index (χ1v) is 7.99. The van der Waals surface area contributed by atoms with E-state index in [9.17, 15) is 9.59 Å². The van der Waals surface area contributed by atoms with Crippen LogP contribution in [0.5, 0.6) is 0 Å². The fourth-order valence-corrected chi connectivity index (χ4v) is 3.03. The van der Waals surface area contributed by atoms with Gasteiger partial charge >= 0.3 is 0 Å². The quantitative estimate of drug-likeness (QED) is 0.833. The average molecular weight is 297 g/mol. The summed E-state index contributed by atoms with van der Waals surface area (Å²) in [6, 6.07) is -0.138. The molecule has 2 amide bonds. The van der Waals surface area contributed by atoms with Gasteiger partial charge in [0.1, 0.15) is 0 Å². The number of hydrogen-bond acceptors (Lipinski definition) is 3. The van der Waals surface area contributed by atoms with Crippen LogP contribution in [0.4, 0.5) is 0 Å². The van der Waals surface area contributed by atoms with Crippen molar-refractivity contribution in [2.24, 2.45) is 11.8 Å². The van der Waals surface area contributed by atoms with Crippen LogP contribution in [0, 0.1) is 11.8 Å². The molecule has 1 rings (SSSR count). The van der Waals surface area contributed by atoms with Gasteiger partial charge in [-0.15, -0.1) is 0 Å². The topological polar surface area (TPSA) is 52.7 Å². The monoisotopic (exact) mass is 297 g/mol. The van der Waals surface area contributed by atoms with E-state index in [1.165, 1.54) is 6.42 Å². The van der Waals surface area contributed by atoms with E-state index in [4.69, 9.17) is 0 Å². The number of likely N-dealkylation sites (tertiary alicyclic amines) is 1. The van der Waals surface area contributed by atoms with E-state index < -0.39 is 0 Å². The Kier molecular flexibility index (Phi) is 6.65. The highest BCUT2D eigenvalue weighted by molar-refractivity contribution is 5.83. The average Bonchev–Trinajstić information content (AvgIpc) is 2.34. The third kappa shape index (κ3) is 5.65. The normalized spacial score (nSPS) is 24.3. The van der Waals surface area contributed by atoms with Crippen LogP contribution in [-0.4, -0.2) is 60.4 Å². The first-order valence-electron chi connectivity index (χ1n) is 7.99. The Hall–Kier alpha value is -1.10. The maximum atomic E-state index is 12.6. The van der Waals surface area contributed by atoms with Gasteiger partial charge in [0.2, 0.25) is 11.8 Å². The van der Waals surface area contributed by atoms with Crippen molar-refractivity contribution < 1.29 is 9.59 Å². The second-order valence-corrected chi connectivity index (χ2v) is 7.00. The minimum Gasteiger partial charge on any atom is -0.353 e. The van der Waals surface area contributed by atoms with Crippen molar-refractivity contribution in [3.8, 4) is 0 Å². The van der Waals surface area contributed by atoms with Crippen molar-refractivity contribution in [3.63, 3.8) is 0 Å². The van der Waals surface area contributed by atoms with Crippen LogP contribution < -0.4 is 5.32 Å². The van der Waals surface area contributed by atoms with Gasteiger partial charge in [-0.3, -0.25) is 14.5 Å². The van der Waals surface area contributed by atoms with Crippen molar-refractivity contribution in [2.45, 2.75) is 53.1 Å². The van der Waals surface area contributed by atoms with Gasteiger partial charge < -0.3 is 10.2 Å². The van der Waals surface area contributed by atoms with Crippen LogP contribution in [0.1, 0.15) is 41.0 Å². The Bertz CT molecular complexity index is 361. The van der Waals surface area contributed by atoms with Gasteiger partial charge in [0, 0.05) is 19.1 Å². The molecule has 1 N–H and O–H groups in total. The molecule has 0 saturated carbocycles. The zero-order valence-electron chi connectivity index (χ0n) is 14.3. The van der Waals surface area contributed by atoms with Crippen molar-refractivity contribution in [3.05, 3.63) is 0 Å². The lowest BCUT2D eigenvalue weighted by Crippen LogP contribution is -2.52. The Morgan fingerprint density at radius 1 is 1.19 bits per heavy atom. The molecule has 0 unspecified atom stereocenters. The first kappa shape index (κ1) is 18.0. The Labute approximate surface area is 129 Å². The Balaban J connectivity index is 2.54. The fraction of sp³-hybridized carbons (Fsp3) is 0.875. The summed E-state index contributed by atoms with van der Waals surface area (Å²) < 4.78 is 0. The lowest BCUT2D eigenvalue weighted by Gasteiger charge is -2.38. The molecule has 122 valence electrons. The highest BCUT2D eigenvalue weighted by Crippen LogP contribution is 2.21. The molecule has 21 heavy (non-hydrogen) atoms. The van der Waals surface area contributed by atoms with Crippen molar-refractivity contribution in [1.29, 1.82) is 0 Å². The zero-order chi connectivity index (χ0) is 16.2. The van der Waals surface area contributed by atoms with E-state index in [1.807, 2.05) is 37.6 Å². The number of rotatable bonds is 5. The van der Waals surface area contributed by atoms with Gasteiger partial charge in [0.15, 0.2) is 0 Å². The van der Waals surface area contributed by atoms with Gasteiger partial charge in [0.25, 0.3) is 0 Å². The van der Waals surface area contributed by atoms with E-state index in [0.717, 1.165) is 13.1 Å². The van der Waals surface area contributed by atoms with Crippen LogP contribution in [0.2, 0.25) is 0 Å². The maximum Gasteiger partial charge on any atom is 0.239 e. The number of piperidine rings is 1. The largest absolute Gasteiger partial charge is 0.353 e. The highest BCUT2D eigenvalue weighted by atomic mass is 16.2. The summed E-state index contributed by atoms with van der Waals surface area (Å²) in [5.41, 5.74) is 0. The number of likely N-dealkylation sites (N-methyl/N-ethyl adjacent to an activating group) is 1. The third-order valence-electron chi connectivity index (χ3n) is 4.04. The van der Waals surface area contributed by atoms with Crippen LogP contribution >= 0.6 is 0 Å². The minimum atomic E-state index is -0.264. The molecule has 0 aromatic carbocycles. The molecule has 5 nitrogen and oxygen atoms in total. The lowest BCUT2D eigenvalue weighted by molar-refractivity contribution is -0.139. The molecule has 0 radical (unpaired) electrons. The summed E-state index contributed by atoms with van der Waals surface area (Å²) in [4.78, 5) is 28.2. The van der Waals surface area contributed by atoms with Gasteiger partial charge in [0.05, 0.1) is 12.6 Å². The Morgan fingerprint density at radius 3 is 2.19 bits per heavy atom. The molecule has 0 aliphatic carbocycles. The van der Waals surface area contributed by atoms with E-state index in [1.54, 1.807) is 0 Å². The fourth-order valence-electron chi connectivity index (χ4n) is 3.03. The molecule has 1 fully saturated rings. The molecule has 1 saturated heterocycles. The van der Waals surface area contributed by atoms with Crippen LogP contribution in [0.15, 0.2) is 0 Å². The summed E-state index contributed by atoms with van der Waals surface area (Å²) >= 11 is 0. The zero-order valence-corrected chi connectivity index (χ0v) is 14.3. The maximum absolute atomic E-state index is 12.6. The van der Waals surface area contributed by atoms with Crippen molar-refractivity contribution in [2.75, 3.05) is 26.7 Å². The number of carbonyl (C=O) groups excluding carboxylic acids is 2. The predicted molar refractivity (Wildman–Crippen MR) is 84.9 cm³/mol. The summed E-state index contributed by atoms with van der Waals surface area (Å²) in [5.74, 6) is 1.21. The van der Waals surface area contributed by atoms with Gasteiger partial charge in [-0.1, -0.05) is 13.8 Å². The van der Waals surface area contributed by atoms with Crippen molar-refractivity contribution >= 4 is 11.8 Å². The van der Waals surface area contributed by atoms with Crippen LogP contribution in [0.25, 0.3) is 0 Å². The number of carbonyl (C=O) groups is 2. The number of hydrogen-bond donors (Lipinski definition) is 1. The second-order valence-electron chi connectivity index (χ2n) is 7.00.